The van der Waals surface area contributed by atoms with Gasteiger partial charge in [0.05, 0.1) is 0 Å². The lowest BCUT2D eigenvalue weighted by Crippen LogP contribution is -2.10. The van der Waals surface area contributed by atoms with Crippen molar-refractivity contribution in [2.24, 2.45) is 5.73 Å². The largest absolute Gasteiger partial charge is 0.489 e. The summed E-state index contributed by atoms with van der Waals surface area (Å²) in [7, 11) is 0. The fourth-order valence-electron chi connectivity index (χ4n) is 1.50. The van der Waals surface area contributed by atoms with Crippen molar-refractivity contribution in [1.82, 2.24) is 0 Å². The lowest BCUT2D eigenvalue weighted by Gasteiger charge is -2.07. The van der Waals surface area contributed by atoms with E-state index in [1.807, 2.05) is 36.4 Å². The van der Waals surface area contributed by atoms with Gasteiger partial charge in [-0.3, -0.25) is 5.41 Å². The summed E-state index contributed by atoms with van der Waals surface area (Å²) in [5, 5.41) is 7.37. The Bertz CT molecular complexity index is 552. The molecule has 2 rings (SSSR count). The first-order chi connectivity index (χ1) is 8.65. The van der Waals surface area contributed by atoms with Gasteiger partial charge in [0.15, 0.2) is 0 Å². The number of rotatable bonds is 4. The molecule has 0 atom stereocenters. The van der Waals surface area contributed by atoms with Gasteiger partial charge in [-0.1, -0.05) is 40.2 Å². The molecule has 0 aliphatic carbocycles. The number of nitrogens with two attached hydrogens (primary N) is 1. The number of benzene rings is 2. The van der Waals surface area contributed by atoms with Crippen molar-refractivity contribution in [3.63, 3.8) is 0 Å². The van der Waals surface area contributed by atoms with Crippen LogP contribution in [-0.2, 0) is 6.61 Å². The lowest BCUT2D eigenvalue weighted by atomic mass is 10.2. The Labute approximate surface area is 114 Å². The Morgan fingerprint density at radius 1 is 1.17 bits per heavy atom. The molecule has 0 radical (unpaired) electrons. The quantitative estimate of drug-likeness (QED) is 0.672. The van der Waals surface area contributed by atoms with E-state index in [9.17, 15) is 0 Å². The summed E-state index contributed by atoms with van der Waals surface area (Å²) in [6.45, 7) is 0.495. The molecule has 0 aliphatic heterocycles. The summed E-state index contributed by atoms with van der Waals surface area (Å²) in [6.07, 6.45) is 0. The molecular weight excluding hydrogens is 292 g/mol. The molecule has 92 valence electrons. The van der Waals surface area contributed by atoms with Crippen LogP contribution in [0.15, 0.2) is 53.0 Å². The third-order valence-corrected chi connectivity index (χ3v) is 2.99. The number of amidine groups is 1. The summed E-state index contributed by atoms with van der Waals surface area (Å²) in [4.78, 5) is 0. The number of ether oxygens (including phenoxy) is 1. The number of nitrogens with one attached hydrogen (secondary N) is 1. The van der Waals surface area contributed by atoms with E-state index < -0.39 is 0 Å². The van der Waals surface area contributed by atoms with Crippen LogP contribution in [0.25, 0.3) is 0 Å². The summed E-state index contributed by atoms with van der Waals surface area (Å²) < 4.78 is 6.70. The molecule has 0 unspecified atom stereocenters. The van der Waals surface area contributed by atoms with Gasteiger partial charge in [-0.2, -0.15) is 0 Å². The second-order valence-corrected chi connectivity index (χ2v) is 4.77. The second kappa shape index (κ2) is 5.69. The second-order valence-electron chi connectivity index (χ2n) is 3.86. The molecule has 0 aliphatic rings. The number of nitrogen functional groups attached to an aromatic ring is 1. The Kier molecular flexibility index (Phi) is 3.99. The molecule has 2 aromatic carbocycles. The highest BCUT2D eigenvalue weighted by atomic mass is 79.9. The van der Waals surface area contributed by atoms with Gasteiger partial charge < -0.3 is 10.5 Å². The van der Waals surface area contributed by atoms with Crippen LogP contribution in [0.2, 0.25) is 0 Å². The summed E-state index contributed by atoms with van der Waals surface area (Å²) in [5.41, 5.74) is 7.19. The first-order valence-electron chi connectivity index (χ1n) is 5.47. The normalized spacial score (nSPS) is 10.1. The van der Waals surface area contributed by atoms with E-state index in [2.05, 4.69) is 15.9 Å². The summed E-state index contributed by atoms with van der Waals surface area (Å²) in [6, 6.07) is 15.2. The Morgan fingerprint density at radius 2 is 1.89 bits per heavy atom. The van der Waals surface area contributed by atoms with Gasteiger partial charge in [0.2, 0.25) is 0 Å². The van der Waals surface area contributed by atoms with Crippen molar-refractivity contribution in [3.05, 3.63) is 64.1 Å². The zero-order chi connectivity index (χ0) is 13.0. The minimum Gasteiger partial charge on any atom is -0.489 e. The van der Waals surface area contributed by atoms with E-state index in [0.717, 1.165) is 10.0 Å². The first kappa shape index (κ1) is 12.6. The van der Waals surface area contributed by atoms with Crippen LogP contribution >= 0.6 is 15.9 Å². The van der Waals surface area contributed by atoms with E-state index in [1.165, 1.54) is 0 Å². The van der Waals surface area contributed by atoms with Gasteiger partial charge in [0.1, 0.15) is 18.2 Å². The van der Waals surface area contributed by atoms with E-state index in [4.69, 9.17) is 15.9 Å². The molecule has 3 nitrogen and oxygen atoms in total. The Morgan fingerprint density at radius 3 is 2.56 bits per heavy atom. The van der Waals surface area contributed by atoms with Crippen molar-refractivity contribution in [2.75, 3.05) is 0 Å². The van der Waals surface area contributed by atoms with Crippen molar-refractivity contribution in [2.45, 2.75) is 6.61 Å². The number of halogens is 1. The fraction of sp³-hybridized carbons (Fsp3) is 0.0714. The maximum absolute atomic E-state index is 7.37. The standard InChI is InChI=1S/C14H13BrN2O/c15-12-6-4-10(5-7-12)9-18-13-3-1-2-11(8-13)14(16)17/h1-8H,9H2,(H3,16,17). The van der Waals surface area contributed by atoms with E-state index >= 15 is 0 Å². The lowest BCUT2D eigenvalue weighted by molar-refractivity contribution is 0.306. The van der Waals surface area contributed by atoms with Crippen LogP contribution in [-0.4, -0.2) is 5.84 Å². The summed E-state index contributed by atoms with van der Waals surface area (Å²) >= 11 is 3.39. The molecular formula is C14H13BrN2O. The smallest absolute Gasteiger partial charge is 0.122 e. The summed E-state index contributed by atoms with van der Waals surface area (Å²) in [5.74, 6) is 0.759. The molecule has 2 aromatic rings. The predicted molar refractivity (Wildman–Crippen MR) is 75.9 cm³/mol. The van der Waals surface area contributed by atoms with E-state index in [1.54, 1.807) is 12.1 Å². The third kappa shape index (κ3) is 3.34. The topological polar surface area (TPSA) is 59.1 Å². The van der Waals surface area contributed by atoms with Gasteiger partial charge in [-0.05, 0) is 29.8 Å². The zero-order valence-electron chi connectivity index (χ0n) is 9.69. The molecule has 3 N–H and O–H groups in total. The SMILES string of the molecule is N=C(N)c1cccc(OCc2ccc(Br)cc2)c1. The first-order valence-corrected chi connectivity index (χ1v) is 6.26. The van der Waals surface area contributed by atoms with Gasteiger partial charge in [-0.25, -0.2) is 0 Å². The average molecular weight is 305 g/mol. The van der Waals surface area contributed by atoms with Crippen LogP contribution in [0.4, 0.5) is 0 Å². The van der Waals surface area contributed by atoms with Gasteiger partial charge in [-0.15, -0.1) is 0 Å². The maximum atomic E-state index is 7.37. The van der Waals surface area contributed by atoms with Crippen molar-refractivity contribution >= 4 is 21.8 Å². The van der Waals surface area contributed by atoms with Gasteiger partial charge in [0, 0.05) is 10.0 Å². The fourth-order valence-corrected chi connectivity index (χ4v) is 1.77. The van der Waals surface area contributed by atoms with Gasteiger partial charge in [0.25, 0.3) is 0 Å². The van der Waals surface area contributed by atoms with Crippen molar-refractivity contribution in [1.29, 1.82) is 5.41 Å². The van der Waals surface area contributed by atoms with Crippen LogP contribution in [0.1, 0.15) is 11.1 Å². The number of hydrogen-bond acceptors (Lipinski definition) is 2. The minimum absolute atomic E-state index is 0.0455. The molecule has 0 spiro atoms. The Balaban J connectivity index is 2.04. The van der Waals surface area contributed by atoms with Crippen molar-refractivity contribution < 1.29 is 4.74 Å². The molecule has 0 amide bonds. The monoisotopic (exact) mass is 304 g/mol. The van der Waals surface area contributed by atoms with Crippen LogP contribution in [0.5, 0.6) is 5.75 Å². The zero-order valence-corrected chi connectivity index (χ0v) is 11.3. The Hall–Kier alpha value is -1.81. The highest BCUT2D eigenvalue weighted by Gasteiger charge is 2.00. The van der Waals surface area contributed by atoms with Crippen molar-refractivity contribution in [3.8, 4) is 5.75 Å². The molecule has 0 bridgehead atoms. The predicted octanol–water partition coefficient (Wildman–Crippen LogP) is 3.31. The van der Waals surface area contributed by atoms with Crippen LogP contribution in [0, 0.1) is 5.41 Å². The average Bonchev–Trinajstić information content (AvgIpc) is 2.38. The maximum Gasteiger partial charge on any atom is 0.122 e. The molecule has 0 saturated carbocycles. The molecule has 0 saturated heterocycles. The highest BCUT2D eigenvalue weighted by Crippen LogP contribution is 2.16. The van der Waals surface area contributed by atoms with E-state index in [-0.39, 0.29) is 5.84 Å². The van der Waals surface area contributed by atoms with E-state index in [0.29, 0.717) is 17.9 Å². The van der Waals surface area contributed by atoms with Gasteiger partial charge >= 0.3 is 0 Å². The minimum atomic E-state index is 0.0455. The number of hydrogen-bond donors (Lipinski definition) is 2. The molecule has 18 heavy (non-hydrogen) atoms. The third-order valence-electron chi connectivity index (χ3n) is 2.46. The molecule has 0 fully saturated rings. The highest BCUT2D eigenvalue weighted by molar-refractivity contribution is 9.10. The van der Waals surface area contributed by atoms with Crippen LogP contribution < -0.4 is 10.5 Å². The van der Waals surface area contributed by atoms with Crippen LogP contribution in [0.3, 0.4) is 0 Å². The molecule has 0 aromatic heterocycles. The molecule has 4 heteroatoms. The molecule has 0 heterocycles.